The number of carbonyl (C=O) groups excluding carboxylic acids is 1. The average molecular weight is 341 g/mol. The average Bonchev–Trinajstić information content (AvgIpc) is 3.10. The summed E-state index contributed by atoms with van der Waals surface area (Å²) in [6.07, 6.45) is 4.97. The molecule has 1 heterocycles. The lowest BCUT2D eigenvalue weighted by molar-refractivity contribution is 0.0498. The van der Waals surface area contributed by atoms with Gasteiger partial charge in [0.1, 0.15) is 0 Å². The van der Waals surface area contributed by atoms with Crippen molar-refractivity contribution >= 4 is 16.6 Å². The number of nitrogens with zero attached hydrogens (tertiary/aromatic N) is 1. The van der Waals surface area contributed by atoms with Gasteiger partial charge in [0.25, 0.3) is 0 Å². The molecule has 2 nitrogen and oxygen atoms in total. The number of aryl methyl sites for hydroxylation is 1. The Labute approximate surface area is 154 Å². The molecule has 1 atom stereocenters. The molecule has 0 aliphatic heterocycles. The van der Waals surface area contributed by atoms with Gasteiger partial charge in [-0.05, 0) is 66.6 Å². The molecule has 3 aromatic rings. The number of fused-ring (bicyclic) bond motifs is 2. The van der Waals surface area contributed by atoms with Gasteiger partial charge in [0.15, 0.2) is 5.78 Å². The van der Waals surface area contributed by atoms with E-state index in [9.17, 15) is 4.79 Å². The van der Waals surface area contributed by atoms with Gasteiger partial charge in [0, 0.05) is 28.3 Å². The first-order valence-electron chi connectivity index (χ1n) is 9.49. The second-order valence-electron chi connectivity index (χ2n) is 8.50. The van der Waals surface area contributed by atoms with Gasteiger partial charge in [0.2, 0.25) is 0 Å². The molecule has 0 saturated heterocycles. The minimum Gasteiger partial charge on any atom is -0.294 e. The SMILES string of the molecule is Cc1ccnc([C@]2(C)CC3CC2(C(=O)c2ccc4ccccc4c2)C3)c1. The summed E-state index contributed by atoms with van der Waals surface area (Å²) in [6.45, 7) is 4.37. The Morgan fingerprint density at radius 3 is 2.54 bits per heavy atom. The molecule has 130 valence electrons. The van der Waals surface area contributed by atoms with Crippen LogP contribution in [0.1, 0.15) is 47.8 Å². The highest BCUT2D eigenvalue weighted by Gasteiger charge is 2.68. The van der Waals surface area contributed by atoms with Crippen LogP contribution in [0, 0.1) is 18.3 Å². The number of Topliss-reactive ketones (excluding diaryl/α,β-unsaturated/α-hetero) is 1. The number of rotatable bonds is 3. The van der Waals surface area contributed by atoms with Gasteiger partial charge < -0.3 is 0 Å². The van der Waals surface area contributed by atoms with Crippen LogP contribution in [0.2, 0.25) is 0 Å². The van der Waals surface area contributed by atoms with E-state index >= 15 is 0 Å². The summed E-state index contributed by atoms with van der Waals surface area (Å²) in [7, 11) is 0. The van der Waals surface area contributed by atoms with E-state index in [2.05, 4.69) is 49.2 Å². The van der Waals surface area contributed by atoms with E-state index in [1.807, 2.05) is 30.5 Å². The quantitative estimate of drug-likeness (QED) is 0.590. The maximum absolute atomic E-state index is 13.7. The van der Waals surface area contributed by atoms with Crippen LogP contribution in [0.3, 0.4) is 0 Å². The van der Waals surface area contributed by atoms with Crippen molar-refractivity contribution in [2.24, 2.45) is 11.3 Å². The zero-order chi connectivity index (χ0) is 17.9. The Morgan fingerprint density at radius 2 is 1.77 bits per heavy atom. The van der Waals surface area contributed by atoms with Crippen LogP contribution in [-0.2, 0) is 5.41 Å². The fraction of sp³-hybridized carbons (Fsp3) is 0.333. The number of carbonyl (C=O) groups is 1. The van der Waals surface area contributed by atoms with E-state index in [0.29, 0.717) is 11.7 Å². The summed E-state index contributed by atoms with van der Waals surface area (Å²) in [4.78, 5) is 18.4. The molecular weight excluding hydrogens is 318 g/mol. The molecule has 2 aromatic carbocycles. The molecule has 2 bridgehead atoms. The summed E-state index contributed by atoms with van der Waals surface area (Å²) in [5.41, 5.74) is 2.70. The van der Waals surface area contributed by atoms with E-state index in [-0.39, 0.29) is 10.8 Å². The highest BCUT2D eigenvalue weighted by molar-refractivity contribution is 6.05. The smallest absolute Gasteiger partial charge is 0.169 e. The second kappa shape index (κ2) is 5.26. The fourth-order valence-corrected chi connectivity index (χ4v) is 5.52. The Morgan fingerprint density at radius 1 is 1.00 bits per heavy atom. The predicted octanol–water partition coefficient (Wildman–Crippen LogP) is 5.48. The van der Waals surface area contributed by atoms with Gasteiger partial charge in [0.05, 0.1) is 0 Å². The van der Waals surface area contributed by atoms with Crippen LogP contribution < -0.4 is 0 Å². The Hall–Kier alpha value is -2.48. The molecule has 2 heteroatoms. The molecule has 6 rings (SSSR count). The normalized spacial score (nSPS) is 29.5. The zero-order valence-electron chi connectivity index (χ0n) is 15.3. The van der Waals surface area contributed by atoms with Crippen LogP contribution in [0.15, 0.2) is 60.8 Å². The number of aromatic nitrogens is 1. The maximum Gasteiger partial charge on any atom is 0.169 e. The lowest BCUT2D eigenvalue weighted by atomic mass is 9.56. The molecule has 1 aromatic heterocycles. The van der Waals surface area contributed by atoms with Crippen molar-refractivity contribution < 1.29 is 4.79 Å². The molecule has 3 fully saturated rings. The largest absolute Gasteiger partial charge is 0.294 e. The van der Waals surface area contributed by atoms with Crippen LogP contribution >= 0.6 is 0 Å². The van der Waals surface area contributed by atoms with Crippen LogP contribution in [-0.4, -0.2) is 10.8 Å². The van der Waals surface area contributed by atoms with Gasteiger partial charge in [-0.2, -0.15) is 0 Å². The third-order valence-electron chi connectivity index (χ3n) is 6.95. The van der Waals surface area contributed by atoms with Crippen LogP contribution in [0.5, 0.6) is 0 Å². The number of hydrogen-bond acceptors (Lipinski definition) is 2. The molecule has 0 radical (unpaired) electrons. The highest BCUT2D eigenvalue weighted by atomic mass is 16.1. The third kappa shape index (κ3) is 1.99. The number of hydrogen-bond donors (Lipinski definition) is 0. The third-order valence-corrected chi connectivity index (χ3v) is 6.95. The number of ketones is 1. The Balaban J connectivity index is 1.60. The monoisotopic (exact) mass is 341 g/mol. The lowest BCUT2D eigenvalue weighted by Crippen LogP contribution is -2.47. The van der Waals surface area contributed by atoms with Gasteiger partial charge in [-0.1, -0.05) is 43.3 Å². The maximum atomic E-state index is 13.7. The van der Waals surface area contributed by atoms with Crippen LogP contribution in [0.25, 0.3) is 10.8 Å². The van der Waals surface area contributed by atoms with Crippen molar-refractivity contribution in [3.8, 4) is 0 Å². The van der Waals surface area contributed by atoms with E-state index in [1.165, 1.54) is 10.9 Å². The highest BCUT2D eigenvalue weighted by Crippen LogP contribution is 2.69. The fourth-order valence-electron chi connectivity index (χ4n) is 5.52. The molecule has 0 amide bonds. The van der Waals surface area contributed by atoms with Crippen LogP contribution in [0.4, 0.5) is 0 Å². The van der Waals surface area contributed by atoms with E-state index in [0.717, 1.165) is 35.9 Å². The summed E-state index contributed by atoms with van der Waals surface area (Å²) < 4.78 is 0. The minimum absolute atomic E-state index is 0.160. The summed E-state index contributed by atoms with van der Waals surface area (Å²) >= 11 is 0. The molecule has 3 saturated carbocycles. The van der Waals surface area contributed by atoms with Crippen molar-refractivity contribution in [3.63, 3.8) is 0 Å². The standard InChI is InChI=1S/C24H23NO/c1-16-9-10-25-21(11-16)23(2)13-17-14-24(23,15-17)22(26)20-8-7-18-5-3-4-6-19(18)12-20/h3-12,17H,13-15H2,1-2H3/t17?,23-,24?/m0/s1. The molecule has 3 aliphatic rings. The first-order valence-corrected chi connectivity index (χ1v) is 9.49. The number of pyridine rings is 1. The Kier molecular flexibility index (Phi) is 3.19. The summed E-state index contributed by atoms with van der Waals surface area (Å²) in [5, 5.41) is 2.32. The summed E-state index contributed by atoms with van der Waals surface area (Å²) in [5.74, 6) is 0.967. The Bertz CT molecular complexity index is 1030. The van der Waals surface area contributed by atoms with Gasteiger partial charge in [-0.25, -0.2) is 0 Å². The van der Waals surface area contributed by atoms with Crippen molar-refractivity contribution in [2.45, 2.75) is 38.5 Å². The molecular formula is C24H23NO. The zero-order valence-corrected chi connectivity index (χ0v) is 15.3. The van der Waals surface area contributed by atoms with Crippen molar-refractivity contribution in [3.05, 3.63) is 77.6 Å². The topological polar surface area (TPSA) is 30.0 Å². The molecule has 3 aliphatic carbocycles. The molecule has 0 unspecified atom stereocenters. The van der Waals surface area contributed by atoms with Gasteiger partial charge in [-0.15, -0.1) is 0 Å². The van der Waals surface area contributed by atoms with Gasteiger partial charge >= 0.3 is 0 Å². The molecule has 0 N–H and O–H groups in total. The van der Waals surface area contributed by atoms with Gasteiger partial charge in [-0.3, -0.25) is 9.78 Å². The van der Waals surface area contributed by atoms with Crippen molar-refractivity contribution in [2.75, 3.05) is 0 Å². The van der Waals surface area contributed by atoms with Crippen molar-refractivity contribution in [1.82, 2.24) is 4.98 Å². The summed E-state index contributed by atoms with van der Waals surface area (Å²) in [6, 6.07) is 18.6. The van der Waals surface area contributed by atoms with Crippen molar-refractivity contribution in [1.29, 1.82) is 0 Å². The number of benzene rings is 2. The van der Waals surface area contributed by atoms with E-state index in [1.54, 1.807) is 0 Å². The predicted molar refractivity (Wildman–Crippen MR) is 104 cm³/mol. The minimum atomic E-state index is -0.291. The molecule has 0 spiro atoms. The van der Waals surface area contributed by atoms with E-state index in [4.69, 9.17) is 0 Å². The van der Waals surface area contributed by atoms with E-state index < -0.39 is 0 Å². The molecule has 26 heavy (non-hydrogen) atoms. The first kappa shape index (κ1) is 15.7. The lowest BCUT2D eigenvalue weighted by Gasteiger charge is -2.45. The second-order valence-corrected chi connectivity index (χ2v) is 8.50. The first-order chi connectivity index (χ1) is 12.5.